The van der Waals surface area contributed by atoms with Gasteiger partial charge in [-0.3, -0.25) is 4.90 Å². The van der Waals surface area contributed by atoms with Crippen LogP contribution in [-0.4, -0.2) is 23.0 Å². The molecule has 1 rings (SSSR count). The fourth-order valence-corrected chi connectivity index (χ4v) is 2.49. The van der Waals surface area contributed by atoms with Crippen LogP contribution in [0.3, 0.4) is 0 Å². The molecule has 1 atom stereocenters. The van der Waals surface area contributed by atoms with E-state index in [9.17, 15) is 0 Å². The van der Waals surface area contributed by atoms with Gasteiger partial charge in [-0.1, -0.05) is 13.8 Å². The molecule has 0 aromatic carbocycles. The molecule has 1 saturated heterocycles. The van der Waals surface area contributed by atoms with Crippen LogP contribution in [0.25, 0.3) is 0 Å². The maximum absolute atomic E-state index is 2.62. The fraction of sp³-hybridized carbons (Fsp3) is 1.00. The van der Waals surface area contributed by atoms with E-state index in [1.165, 1.54) is 13.0 Å². The Balaban J connectivity index is 2.71. The van der Waals surface area contributed by atoms with Gasteiger partial charge in [0.15, 0.2) is 0 Å². The largest absolute Gasteiger partial charge is 0.295 e. The topological polar surface area (TPSA) is 3.24 Å². The van der Waals surface area contributed by atoms with Gasteiger partial charge >= 0.3 is 0 Å². The molecule has 0 aliphatic carbocycles. The summed E-state index contributed by atoms with van der Waals surface area (Å²) in [6.07, 6.45) is 1.34. The van der Waals surface area contributed by atoms with Gasteiger partial charge in [0.2, 0.25) is 0 Å². The normalized spacial score (nSPS) is 31.0. The average Bonchev–Trinajstić information content (AvgIpc) is 2.03. The standard InChI is InChI=1S/C11H23N/c1-9-7-11(5,6)8-12(9)10(2,3)4/h9H,7-8H2,1-6H3. The lowest BCUT2D eigenvalue weighted by atomic mass is 9.91. The molecular weight excluding hydrogens is 146 g/mol. The van der Waals surface area contributed by atoms with Crippen molar-refractivity contribution >= 4 is 0 Å². The summed E-state index contributed by atoms with van der Waals surface area (Å²) in [5, 5.41) is 0. The van der Waals surface area contributed by atoms with E-state index >= 15 is 0 Å². The minimum absolute atomic E-state index is 0.340. The lowest BCUT2D eigenvalue weighted by molar-refractivity contribution is 0.121. The molecule has 1 nitrogen and oxygen atoms in total. The third-order valence-electron chi connectivity index (χ3n) is 2.84. The maximum Gasteiger partial charge on any atom is 0.0128 e. The first-order valence-corrected chi connectivity index (χ1v) is 4.99. The molecule has 0 aromatic rings. The summed E-state index contributed by atoms with van der Waals surface area (Å²) in [4.78, 5) is 2.62. The Labute approximate surface area is 77.1 Å². The highest BCUT2D eigenvalue weighted by atomic mass is 15.2. The Kier molecular flexibility index (Phi) is 2.28. The van der Waals surface area contributed by atoms with Crippen LogP contribution >= 0.6 is 0 Å². The van der Waals surface area contributed by atoms with E-state index in [-0.39, 0.29) is 0 Å². The van der Waals surface area contributed by atoms with E-state index in [1.807, 2.05) is 0 Å². The highest BCUT2D eigenvalue weighted by Crippen LogP contribution is 2.37. The number of hydrogen-bond donors (Lipinski definition) is 0. The first-order valence-electron chi connectivity index (χ1n) is 4.99. The number of hydrogen-bond acceptors (Lipinski definition) is 1. The van der Waals surface area contributed by atoms with Gasteiger partial charge in [-0.25, -0.2) is 0 Å². The van der Waals surface area contributed by atoms with Crippen molar-refractivity contribution in [3.8, 4) is 0 Å². The van der Waals surface area contributed by atoms with Gasteiger partial charge in [0.1, 0.15) is 0 Å². The molecule has 12 heavy (non-hydrogen) atoms. The summed E-state index contributed by atoms with van der Waals surface area (Å²) >= 11 is 0. The zero-order valence-corrected chi connectivity index (χ0v) is 9.44. The summed E-state index contributed by atoms with van der Waals surface area (Å²) in [7, 11) is 0. The molecule has 1 heteroatoms. The zero-order chi connectivity index (χ0) is 9.57. The molecule has 0 N–H and O–H groups in total. The van der Waals surface area contributed by atoms with Crippen molar-refractivity contribution in [3.63, 3.8) is 0 Å². The summed E-state index contributed by atoms with van der Waals surface area (Å²) in [6.45, 7) is 15.3. The Morgan fingerprint density at radius 3 is 1.92 bits per heavy atom. The van der Waals surface area contributed by atoms with E-state index in [0.717, 1.165) is 6.04 Å². The van der Waals surface area contributed by atoms with Crippen LogP contribution in [-0.2, 0) is 0 Å². The molecule has 0 aromatic heterocycles. The van der Waals surface area contributed by atoms with Gasteiger partial charge in [-0.05, 0) is 39.5 Å². The van der Waals surface area contributed by atoms with Gasteiger partial charge < -0.3 is 0 Å². The van der Waals surface area contributed by atoms with Crippen LogP contribution < -0.4 is 0 Å². The van der Waals surface area contributed by atoms with Crippen molar-refractivity contribution in [3.05, 3.63) is 0 Å². The lowest BCUT2D eigenvalue weighted by Crippen LogP contribution is -2.43. The first kappa shape index (κ1) is 10.0. The molecule has 1 unspecified atom stereocenters. The Morgan fingerprint density at radius 1 is 1.25 bits per heavy atom. The van der Waals surface area contributed by atoms with E-state index in [0.29, 0.717) is 11.0 Å². The van der Waals surface area contributed by atoms with Crippen molar-refractivity contribution < 1.29 is 0 Å². The van der Waals surface area contributed by atoms with Crippen LogP contribution in [0.1, 0.15) is 48.0 Å². The highest BCUT2D eigenvalue weighted by molar-refractivity contribution is 4.93. The Morgan fingerprint density at radius 2 is 1.75 bits per heavy atom. The molecule has 1 aliphatic heterocycles. The van der Waals surface area contributed by atoms with Crippen molar-refractivity contribution in [2.45, 2.75) is 59.5 Å². The molecule has 72 valence electrons. The van der Waals surface area contributed by atoms with Crippen LogP contribution in [0.2, 0.25) is 0 Å². The summed E-state index contributed by atoms with van der Waals surface area (Å²) in [5.41, 5.74) is 0.861. The predicted molar refractivity (Wildman–Crippen MR) is 54.3 cm³/mol. The number of likely N-dealkylation sites (tertiary alicyclic amines) is 1. The third kappa shape index (κ3) is 2.01. The van der Waals surface area contributed by atoms with Crippen LogP contribution in [0.5, 0.6) is 0 Å². The molecule has 0 saturated carbocycles. The van der Waals surface area contributed by atoms with Crippen LogP contribution in [0.4, 0.5) is 0 Å². The zero-order valence-electron chi connectivity index (χ0n) is 9.44. The Hall–Kier alpha value is -0.0400. The maximum atomic E-state index is 2.62. The average molecular weight is 169 g/mol. The van der Waals surface area contributed by atoms with Crippen molar-refractivity contribution in [1.82, 2.24) is 4.90 Å². The fourth-order valence-electron chi connectivity index (χ4n) is 2.49. The number of rotatable bonds is 0. The monoisotopic (exact) mass is 169 g/mol. The van der Waals surface area contributed by atoms with Crippen molar-refractivity contribution in [2.24, 2.45) is 5.41 Å². The van der Waals surface area contributed by atoms with Crippen molar-refractivity contribution in [2.75, 3.05) is 6.54 Å². The van der Waals surface area contributed by atoms with Gasteiger partial charge in [0.25, 0.3) is 0 Å². The van der Waals surface area contributed by atoms with Crippen LogP contribution in [0, 0.1) is 5.41 Å². The van der Waals surface area contributed by atoms with Gasteiger partial charge in [-0.2, -0.15) is 0 Å². The minimum atomic E-state index is 0.340. The van der Waals surface area contributed by atoms with E-state index in [1.54, 1.807) is 0 Å². The third-order valence-corrected chi connectivity index (χ3v) is 2.84. The molecule has 0 radical (unpaired) electrons. The first-order chi connectivity index (χ1) is 5.22. The smallest absolute Gasteiger partial charge is 0.0128 e. The second kappa shape index (κ2) is 2.73. The second-order valence-corrected chi connectivity index (χ2v) is 6.02. The molecule has 1 aliphatic rings. The van der Waals surface area contributed by atoms with E-state index < -0.39 is 0 Å². The molecular formula is C11H23N. The second-order valence-electron chi connectivity index (χ2n) is 6.02. The SMILES string of the molecule is CC1CC(C)(C)CN1C(C)(C)C. The van der Waals surface area contributed by atoms with Gasteiger partial charge in [0, 0.05) is 18.1 Å². The summed E-state index contributed by atoms with van der Waals surface area (Å²) in [6, 6.07) is 0.750. The molecule has 0 spiro atoms. The van der Waals surface area contributed by atoms with E-state index in [2.05, 4.69) is 46.4 Å². The van der Waals surface area contributed by atoms with Crippen molar-refractivity contribution in [1.29, 1.82) is 0 Å². The number of nitrogens with zero attached hydrogens (tertiary/aromatic N) is 1. The molecule has 1 heterocycles. The van der Waals surface area contributed by atoms with E-state index in [4.69, 9.17) is 0 Å². The summed E-state index contributed by atoms with van der Waals surface area (Å²) < 4.78 is 0. The highest BCUT2D eigenvalue weighted by Gasteiger charge is 2.39. The van der Waals surface area contributed by atoms with Gasteiger partial charge in [0.05, 0.1) is 0 Å². The molecule has 1 fully saturated rings. The van der Waals surface area contributed by atoms with Gasteiger partial charge in [-0.15, -0.1) is 0 Å². The quantitative estimate of drug-likeness (QED) is 0.539. The predicted octanol–water partition coefficient (Wildman–Crippen LogP) is 2.91. The minimum Gasteiger partial charge on any atom is -0.295 e. The Bertz CT molecular complexity index is 164. The van der Waals surface area contributed by atoms with Crippen LogP contribution in [0.15, 0.2) is 0 Å². The summed E-state index contributed by atoms with van der Waals surface area (Å²) in [5.74, 6) is 0. The molecule has 0 amide bonds. The molecule has 0 bridgehead atoms. The lowest BCUT2D eigenvalue weighted by Gasteiger charge is -2.36.